The molecule has 74 heavy (non-hydrogen) atoms. The first-order valence-corrected chi connectivity index (χ1v) is 30.6. The first-order chi connectivity index (χ1) is 36.1. The number of aliphatic hydroxyl groups is 8. The van der Waals surface area contributed by atoms with Crippen molar-refractivity contribution in [3.05, 3.63) is 57.3 Å². The van der Waals surface area contributed by atoms with Gasteiger partial charge in [-0.15, -0.1) is 45.3 Å². The fourth-order valence-electron chi connectivity index (χ4n) is 9.46. The normalized spacial score (nSPS) is 23.9. The topological polar surface area (TPSA) is 199 Å². The quantitative estimate of drug-likeness (QED) is 0.0176. The highest BCUT2D eigenvalue weighted by atomic mass is 32.1. The van der Waals surface area contributed by atoms with Crippen LogP contribution in [-0.4, -0.2) is 129 Å². The Morgan fingerprint density at radius 2 is 0.770 bits per heavy atom. The maximum absolute atomic E-state index is 10.4. The van der Waals surface area contributed by atoms with Crippen molar-refractivity contribution in [3.8, 4) is 52.9 Å². The van der Waals surface area contributed by atoms with Crippen LogP contribution in [0.5, 0.6) is 0 Å². The van der Waals surface area contributed by atoms with Crippen molar-refractivity contribution in [3.63, 3.8) is 0 Å². The minimum absolute atomic E-state index is 0.0766. The van der Waals surface area contributed by atoms with Gasteiger partial charge in [0.25, 0.3) is 0 Å². The van der Waals surface area contributed by atoms with Crippen LogP contribution < -0.4 is 0 Å². The SMILES string of the molecule is CCCCCCCCCCCCc1cc(C#CCO[C@H]2O[C@H](CO)[C@@H](O)[C@H](O)[C@@H]2O)sc1-c1ccc(-c2ccc(-c3sc(C#CCO[C@H]4O[C@H](CO)[C@@H](O)[C@H](O)[C@@H]4O)cc3CCCCCCCCCCCC)s2)s1. The second kappa shape index (κ2) is 33.0. The molecule has 2 aliphatic heterocycles. The maximum Gasteiger partial charge on any atom is 0.187 e. The smallest absolute Gasteiger partial charge is 0.187 e. The molecule has 0 unspecified atom stereocenters. The molecule has 2 saturated heterocycles. The Bertz CT molecular complexity index is 2170. The number of hydrogen-bond donors (Lipinski definition) is 8. The van der Waals surface area contributed by atoms with E-state index in [-0.39, 0.29) is 13.2 Å². The number of ether oxygens (including phenoxy) is 4. The van der Waals surface area contributed by atoms with Gasteiger partial charge < -0.3 is 59.8 Å². The Morgan fingerprint density at radius 3 is 1.12 bits per heavy atom. The second-order valence-electron chi connectivity index (χ2n) is 19.7. The Morgan fingerprint density at radius 1 is 0.432 bits per heavy atom. The van der Waals surface area contributed by atoms with Crippen LogP contribution in [0.4, 0.5) is 0 Å². The fraction of sp³-hybridized carbons (Fsp3) is 0.655. The number of aryl methyl sites for hydroxylation is 2. The molecule has 0 spiro atoms. The summed E-state index contributed by atoms with van der Waals surface area (Å²) < 4.78 is 22.3. The standard InChI is InChI=1S/C58H82O12S4/c1-3-5-7-9-11-13-15-17-19-21-25-39-35-41(27-23-33-67-57-53(65)51(63)49(61)43(37-59)69-57)71-55(39)47-31-29-45(73-47)46-30-32-48(74-46)56-40(26-22-20-18-16-14-12-10-8-6-4-2)36-42(72-56)28-24-34-68-58-54(66)52(64)50(62)44(38-60)70-58/h29-32,35-36,43-44,49-54,57-66H,3-22,25-26,33-34,37-38H2,1-2H3/t43-,44-,49-,50-,51+,52+,53+,54+,57+,58+/m1/s1. The molecule has 2 aliphatic rings. The minimum atomic E-state index is -1.51. The summed E-state index contributed by atoms with van der Waals surface area (Å²) in [5, 5.41) is 80.7. The molecule has 16 heteroatoms. The van der Waals surface area contributed by atoms with E-state index in [0.717, 1.165) is 35.4 Å². The van der Waals surface area contributed by atoms with Gasteiger partial charge in [0.1, 0.15) is 62.0 Å². The van der Waals surface area contributed by atoms with Gasteiger partial charge in [-0.3, -0.25) is 0 Å². The van der Waals surface area contributed by atoms with Crippen LogP contribution in [0, 0.1) is 23.7 Å². The van der Waals surface area contributed by atoms with Gasteiger partial charge in [-0.05, 0) is 73.2 Å². The molecule has 410 valence electrons. The van der Waals surface area contributed by atoms with Crippen molar-refractivity contribution in [2.45, 2.75) is 217 Å². The van der Waals surface area contributed by atoms with Crippen molar-refractivity contribution in [1.29, 1.82) is 0 Å². The Hall–Kier alpha value is -2.56. The zero-order chi connectivity index (χ0) is 52.7. The summed E-state index contributed by atoms with van der Waals surface area (Å²) >= 11 is 6.89. The molecule has 2 fully saturated rings. The van der Waals surface area contributed by atoms with Crippen LogP contribution in [0.3, 0.4) is 0 Å². The van der Waals surface area contributed by atoms with Gasteiger partial charge in [-0.2, -0.15) is 0 Å². The van der Waals surface area contributed by atoms with E-state index < -0.39 is 74.6 Å². The summed E-state index contributed by atoms with van der Waals surface area (Å²) in [6.45, 7) is 3.30. The number of unbranched alkanes of at least 4 members (excludes halogenated alkanes) is 18. The number of hydrogen-bond acceptors (Lipinski definition) is 16. The average molecular weight is 1100 g/mol. The van der Waals surface area contributed by atoms with E-state index in [0.29, 0.717) is 0 Å². The molecule has 12 nitrogen and oxygen atoms in total. The molecule has 0 radical (unpaired) electrons. The predicted molar refractivity (Wildman–Crippen MR) is 299 cm³/mol. The van der Waals surface area contributed by atoms with E-state index in [4.69, 9.17) is 18.9 Å². The van der Waals surface area contributed by atoms with Gasteiger partial charge in [0, 0.05) is 29.3 Å². The van der Waals surface area contributed by atoms with E-state index in [1.165, 1.54) is 156 Å². The lowest BCUT2D eigenvalue weighted by Gasteiger charge is -2.39. The largest absolute Gasteiger partial charge is 0.394 e. The molecule has 0 amide bonds. The van der Waals surface area contributed by atoms with E-state index in [9.17, 15) is 40.9 Å². The molecular formula is C58H82O12S4. The fourth-order valence-corrected chi connectivity index (χ4v) is 14.0. The van der Waals surface area contributed by atoms with Gasteiger partial charge in [0.15, 0.2) is 12.6 Å². The lowest BCUT2D eigenvalue weighted by Crippen LogP contribution is -2.59. The third kappa shape index (κ3) is 18.3. The van der Waals surface area contributed by atoms with Gasteiger partial charge in [-0.25, -0.2) is 0 Å². The summed E-state index contributed by atoms with van der Waals surface area (Å²) in [6, 6.07) is 13.2. The zero-order valence-corrected chi connectivity index (χ0v) is 46.7. The molecule has 8 N–H and O–H groups in total. The highest BCUT2D eigenvalue weighted by molar-refractivity contribution is 7.28. The zero-order valence-electron chi connectivity index (χ0n) is 43.5. The summed E-state index contributed by atoms with van der Waals surface area (Å²) in [4.78, 5) is 8.98. The predicted octanol–water partition coefficient (Wildman–Crippen LogP) is 10.2. The van der Waals surface area contributed by atoms with Gasteiger partial charge in [-0.1, -0.05) is 153 Å². The Balaban J connectivity index is 1.14. The number of thiophene rings is 4. The molecule has 4 aromatic rings. The highest BCUT2D eigenvalue weighted by Crippen LogP contribution is 2.45. The number of aliphatic hydroxyl groups excluding tert-OH is 8. The second-order valence-corrected chi connectivity index (χ2v) is 24.0. The lowest BCUT2D eigenvalue weighted by molar-refractivity contribution is -0.298. The third-order valence-electron chi connectivity index (χ3n) is 13.9. The molecule has 0 saturated carbocycles. The van der Waals surface area contributed by atoms with E-state index in [2.05, 4.69) is 73.9 Å². The molecule has 10 atom stereocenters. The Labute approximate surface area is 455 Å². The van der Waals surface area contributed by atoms with Gasteiger partial charge in [0.2, 0.25) is 0 Å². The first kappa shape index (κ1) is 60.7. The van der Waals surface area contributed by atoms with Crippen molar-refractivity contribution in [2.24, 2.45) is 0 Å². The monoisotopic (exact) mass is 1100 g/mol. The summed E-state index contributed by atoms with van der Waals surface area (Å²) in [5.74, 6) is 12.6. The van der Waals surface area contributed by atoms with E-state index in [1.807, 2.05) is 0 Å². The van der Waals surface area contributed by atoms with Crippen molar-refractivity contribution >= 4 is 45.3 Å². The van der Waals surface area contributed by atoms with Crippen molar-refractivity contribution in [1.82, 2.24) is 0 Å². The van der Waals surface area contributed by atoms with E-state index >= 15 is 0 Å². The number of rotatable bonds is 31. The molecule has 6 rings (SSSR count). The molecule has 4 aromatic heterocycles. The summed E-state index contributed by atoms with van der Waals surface area (Å²) in [5.41, 5.74) is 2.55. The van der Waals surface area contributed by atoms with E-state index in [1.54, 1.807) is 45.3 Å². The molecule has 0 aliphatic carbocycles. The summed E-state index contributed by atoms with van der Waals surface area (Å²) in [6.07, 6.45) is 13.8. The average Bonchev–Trinajstić information content (AvgIpc) is 4.25. The van der Waals surface area contributed by atoms with Crippen LogP contribution in [0.25, 0.3) is 29.3 Å². The van der Waals surface area contributed by atoms with Crippen LogP contribution in [-0.2, 0) is 31.8 Å². The van der Waals surface area contributed by atoms with Crippen LogP contribution >= 0.6 is 45.3 Å². The van der Waals surface area contributed by atoms with Gasteiger partial charge in [0.05, 0.1) is 23.0 Å². The van der Waals surface area contributed by atoms with Crippen molar-refractivity contribution in [2.75, 3.05) is 26.4 Å². The highest BCUT2D eigenvalue weighted by Gasteiger charge is 2.45. The summed E-state index contributed by atoms with van der Waals surface area (Å²) in [7, 11) is 0. The maximum atomic E-state index is 10.4. The lowest BCUT2D eigenvalue weighted by atomic mass is 9.99. The molecule has 6 heterocycles. The first-order valence-electron chi connectivity index (χ1n) is 27.3. The Kier molecular flexibility index (Phi) is 27.1. The third-order valence-corrected chi connectivity index (χ3v) is 18.8. The molecule has 0 bridgehead atoms. The van der Waals surface area contributed by atoms with Crippen LogP contribution in [0.15, 0.2) is 36.4 Å². The molecular weight excluding hydrogens is 1020 g/mol. The molecule has 0 aromatic carbocycles. The van der Waals surface area contributed by atoms with Crippen molar-refractivity contribution < 1.29 is 59.8 Å². The minimum Gasteiger partial charge on any atom is -0.394 e. The van der Waals surface area contributed by atoms with Crippen LogP contribution in [0.2, 0.25) is 0 Å². The van der Waals surface area contributed by atoms with Gasteiger partial charge >= 0.3 is 0 Å². The van der Waals surface area contributed by atoms with Crippen LogP contribution in [0.1, 0.15) is 163 Å².